The van der Waals surface area contributed by atoms with Gasteiger partial charge in [-0.3, -0.25) is 0 Å². The van der Waals surface area contributed by atoms with Crippen LogP contribution in [0.5, 0.6) is 0 Å². The number of hydrogen-bond acceptors (Lipinski definition) is 2. The Morgan fingerprint density at radius 2 is 2.36 bits per heavy atom. The molecule has 11 heavy (non-hydrogen) atoms. The highest BCUT2D eigenvalue weighted by Crippen LogP contribution is 2.15. The van der Waals surface area contributed by atoms with Crippen molar-refractivity contribution in [3.8, 4) is 0 Å². The van der Waals surface area contributed by atoms with Crippen LogP contribution in [0.15, 0.2) is 18.3 Å². The third-order valence-electron chi connectivity index (χ3n) is 2.09. The molecular weight excluding hydrogens is 140 g/mol. The number of aromatic amines is 1. The highest BCUT2D eigenvalue weighted by molar-refractivity contribution is 5.10. The summed E-state index contributed by atoms with van der Waals surface area (Å²) in [6.45, 7) is 1.43. The normalized spacial score (nSPS) is 21.2. The number of H-pyrrole nitrogens is 1. The molecule has 1 saturated heterocycles. The van der Waals surface area contributed by atoms with Crippen LogP contribution >= 0.6 is 0 Å². The lowest BCUT2D eigenvalue weighted by molar-refractivity contribution is -0.00971. The van der Waals surface area contributed by atoms with Gasteiger partial charge in [0, 0.05) is 31.4 Å². The van der Waals surface area contributed by atoms with Gasteiger partial charge in [0.05, 0.1) is 5.60 Å². The van der Waals surface area contributed by atoms with Crippen LogP contribution in [0.25, 0.3) is 0 Å². The summed E-state index contributed by atoms with van der Waals surface area (Å²) in [6, 6.07) is 3.95. The van der Waals surface area contributed by atoms with Crippen molar-refractivity contribution >= 4 is 0 Å². The summed E-state index contributed by atoms with van der Waals surface area (Å²) in [6.07, 6.45) is 2.61. The van der Waals surface area contributed by atoms with Gasteiger partial charge in [-0.15, -0.1) is 0 Å². The van der Waals surface area contributed by atoms with Crippen molar-refractivity contribution in [1.82, 2.24) is 10.3 Å². The first kappa shape index (κ1) is 6.88. The first-order chi connectivity index (χ1) is 5.29. The van der Waals surface area contributed by atoms with E-state index < -0.39 is 5.60 Å². The minimum Gasteiger partial charge on any atom is -0.387 e. The topological polar surface area (TPSA) is 48.0 Å². The van der Waals surface area contributed by atoms with E-state index in [1.54, 1.807) is 0 Å². The summed E-state index contributed by atoms with van der Waals surface area (Å²) < 4.78 is 0. The van der Waals surface area contributed by atoms with Crippen molar-refractivity contribution in [1.29, 1.82) is 0 Å². The SMILES string of the molecule is OC1(Cc2ccc[nH]2)CNC1. The van der Waals surface area contributed by atoms with Crippen LogP contribution in [0.1, 0.15) is 5.69 Å². The van der Waals surface area contributed by atoms with Crippen molar-refractivity contribution in [2.75, 3.05) is 13.1 Å². The fourth-order valence-corrected chi connectivity index (χ4v) is 1.37. The summed E-state index contributed by atoms with van der Waals surface area (Å²) in [4.78, 5) is 3.07. The van der Waals surface area contributed by atoms with E-state index in [1.165, 1.54) is 0 Å². The number of rotatable bonds is 2. The van der Waals surface area contributed by atoms with Gasteiger partial charge in [-0.25, -0.2) is 0 Å². The molecule has 0 bridgehead atoms. The van der Waals surface area contributed by atoms with E-state index in [4.69, 9.17) is 0 Å². The first-order valence-corrected chi connectivity index (χ1v) is 3.84. The van der Waals surface area contributed by atoms with Crippen molar-refractivity contribution in [2.24, 2.45) is 0 Å². The molecular formula is C8H12N2O. The number of β-amino-alcohol motifs (C(OH)–C–C–N with tert-alkyl or cyclic N) is 1. The zero-order valence-electron chi connectivity index (χ0n) is 6.30. The molecule has 60 valence electrons. The molecule has 1 fully saturated rings. The lowest BCUT2D eigenvalue weighted by Gasteiger charge is -2.37. The minimum absolute atomic E-state index is 0.495. The highest BCUT2D eigenvalue weighted by atomic mass is 16.3. The maximum absolute atomic E-state index is 9.70. The highest BCUT2D eigenvalue weighted by Gasteiger charge is 2.34. The van der Waals surface area contributed by atoms with Gasteiger partial charge in [0.15, 0.2) is 0 Å². The van der Waals surface area contributed by atoms with Gasteiger partial charge in [0.2, 0.25) is 0 Å². The van der Waals surface area contributed by atoms with E-state index >= 15 is 0 Å². The maximum atomic E-state index is 9.70. The molecule has 1 aliphatic rings. The summed E-state index contributed by atoms with van der Waals surface area (Å²) in [5.74, 6) is 0. The minimum atomic E-state index is -0.495. The average molecular weight is 152 g/mol. The van der Waals surface area contributed by atoms with Gasteiger partial charge in [-0.2, -0.15) is 0 Å². The number of aromatic nitrogens is 1. The largest absolute Gasteiger partial charge is 0.387 e. The maximum Gasteiger partial charge on any atom is 0.0949 e. The van der Waals surface area contributed by atoms with Crippen molar-refractivity contribution < 1.29 is 5.11 Å². The molecule has 0 saturated carbocycles. The summed E-state index contributed by atoms with van der Waals surface area (Å²) in [5, 5.41) is 12.7. The van der Waals surface area contributed by atoms with Gasteiger partial charge in [-0.1, -0.05) is 0 Å². The van der Waals surface area contributed by atoms with Crippen LogP contribution in [0.2, 0.25) is 0 Å². The van der Waals surface area contributed by atoms with E-state index in [9.17, 15) is 5.11 Å². The monoisotopic (exact) mass is 152 g/mol. The van der Waals surface area contributed by atoms with Gasteiger partial charge >= 0.3 is 0 Å². The third kappa shape index (κ3) is 1.29. The first-order valence-electron chi connectivity index (χ1n) is 3.84. The summed E-state index contributed by atoms with van der Waals surface area (Å²) in [7, 11) is 0. The van der Waals surface area contributed by atoms with Gasteiger partial charge < -0.3 is 15.4 Å². The van der Waals surface area contributed by atoms with Crippen LogP contribution in [0.4, 0.5) is 0 Å². The van der Waals surface area contributed by atoms with E-state index in [0.717, 1.165) is 12.1 Å². The van der Waals surface area contributed by atoms with Crippen LogP contribution in [-0.2, 0) is 6.42 Å². The van der Waals surface area contributed by atoms with Gasteiger partial charge in [0.1, 0.15) is 0 Å². The average Bonchev–Trinajstić information content (AvgIpc) is 2.36. The molecule has 3 nitrogen and oxygen atoms in total. The molecule has 1 aromatic rings. The van der Waals surface area contributed by atoms with Gasteiger partial charge in [-0.05, 0) is 12.1 Å². The second-order valence-electron chi connectivity index (χ2n) is 3.20. The Bertz CT molecular complexity index is 226. The molecule has 2 rings (SSSR count). The van der Waals surface area contributed by atoms with E-state index in [2.05, 4.69) is 10.3 Å². The fraction of sp³-hybridized carbons (Fsp3) is 0.500. The number of aliphatic hydroxyl groups is 1. The van der Waals surface area contributed by atoms with E-state index in [1.807, 2.05) is 18.3 Å². The number of hydrogen-bond donors (Lipinski definition) is 3. The number of nitrogens with one attached hydrogen (secondary N) is 2. The van der Waals surface area contributed by atoms with Crippen molar-refractivity contribution in [3.63, 3.8) is 0 Å². The third-order valence-corrected chi connectivity index (χ3v) is 2.09. The molecule has 0 amide bonds. The lowest BCUT2D eigenvalue weighted by Crippen LogP contribution is -2.60. The Kier molecular flexibility index (Phi) is 1.47. The lowest BCUT2D eigenvalue weighted by atomic mass is 9.92. The zero-order chi connectivity index (χ0) is 7.73. The molecule has 1 aromatic heterocycles. The molecule has 1 aliphatic heterocycles. The van der Waals surface area contributed by atoms with Crippen LogP contribution in [-0.4, -0.2) is 28.8 Å². The fourth-order valence-electron chi connectivity index (χ4n) is 1.37. The second-order valence-corrected chi connectivity index (χ2v) is 3.20. The van der Waals surface area contributed by atoms with E-state index in [-0.39, 0.29) is 0 Å². The van der Waals surface area contributed by atoms with E-state index in [0.29, 0.717) is 13.1 Å². The van der Waals surface area contributed by atoms with Crippen LogP contribution in [0.3, 0.4) is 0 Å². The summed E-state index contributed by atoms with van der Waals surface area (Å²) >= 11 is 0. The molecule has 3 heteroatoms. The molecule has 0 unspecified atom stereocenters. The quantitative estimate of drug-likeness (QED) is 0.554. The van der Waals surface area contributed by atoms with Gasteiger partial charge in [0.25, 0.3) is 0 Å². The Morgan fingerprint density at radius 3 is 2.82 bits per heavy atom. The second kappa shape index (κ2) is 2.36. The Labute approximate surface area is 65.4 Å². The Balaban J connectivity index is 2.00. The smallest absolute Gasteiger partial charge is 0.0949 e. The molecule has 3 N–H and O–H groups in total. The Hall–Kier alpha value is -0.800. The molecule has 0 radical (unpaired) electrons. The standard InChI is InChI=1S/C8H12N2O/c11-8(5-9-6-8)4-7-2-1-3-10-7/h1-3,9-11H,4-6H2. The van der Waals surface area contributed by atoms with Crippen LogP contribution in [0, 0.1) is 0 Å². The summed E-state index contributed by atoms with van der Waals surface area (Å²) in [5.41, 5.74) is 0.610. The predicted octanol–water partition coefficient (Wildman–Crippen LogP) is -0.109. The Morgan fingerprint density at radius 1 is 1.55 bits per heavy atom. The molecule has 0 atom stereocenters. The molecule has 0 aromatic carbocycles. The van der Waals surface area contributed by atoms with Crippen molar-refractivity contribution in [2.45, 2.75) is 12.0 Å². The van der Waals surface area contributed by atoms with Crippen molar-refractivity contribution in [3.05, 3.63) is 24.0 Å². The molecule has 2 heterocycles. The predicted molar refractivity (Wildman–Crippen MR) is 42.3 cm³/mol. The molecule has 0 spiro atoms. The zero-order valence-corrected chi connectivity index (χ0v) is 6.30. The van der Waals surface area contributed by atoms with Crippen LogP contribution < -0.4 is 5.32 Å². The molecule has 0 aliphatic carbocycles.